The zero-order chi connectivity index (χ0) is 39.9. The van der Waals surface area contributed by atoms with Crippen LogP contribution in [0.4, 0.5) is 28.9 Å². The van der Waals surface area contributed by atoms with Crippen LogP contribution in [0.5, 0.6) is 23.0 Å². The van der Waals surface area contributed by atoms with Gasteiger partial charge in [0.25, 0.3) is 0 Å². The summed E-state index contributed by atoms with van der Waals surface area (Å²) in [4.78, 5) is 69.1. The number of hydrogen-bond donors (Lipinski definition) is 8. The third-order valence-electron chi connectivity index (χ3n) is 9.49. The summed E-state index contributed by atoms with van der Waals surface area (Å²) in [5, 5.41) is 56.6. The maximum atomic E-state index is 14.7. The number of likely N-dealkylation sites (tertiary alicyclic amines) is 1. The van der Waals surface area contributed by atoms with E-state index in [0.717, 1.165) is 11.0 Å². The summed E-state index contributed by atoms with van der Waals surface area (Å²) < 4.78 is 34.2. The number of halogens is 4. The Morgan fingerprint density at radius 2 is 1.64 bits per heavy atom. The molecular formula is C33H31BCl2F2N6O11. The summed E-state index contributed by atoms with van der Waals surface area (Å²) in [6.45, 7) is 0.395. The molecule has 3 heterocycles. The molecule has 3 aliphatic heterocycles. The fourth-order valence-electron chi connectivity index (χ4n) is 6.62. The van der Waals surface area contributed by atoms with E-state index >= 15 is 0 Å². The lowest BCUT2D eigenvalue weighted by Gasteiger charge is -2.36. The predicted octanol–water partition coefficient (Wildman–Crippen LogP) is 3.41. The number of nitrogens with zero attached hydrogens (tertiary/aromatic N) is 3. The lowest BCUT2D eigenvalue weighted by atomic mass is 9.72. The number of piperidine rings is 1. The summed E-state index contributed by atoms with van der Waals surface area (Å²) in [6, 6.07) is 2.30. The highest BCUT2D eigenvalue weighted by Crippen LogP contribution is 2.41. The first kappa shape index (κ1) is 39.0. The van der Waals surface area contributed by atoms with E-state index in [4.69, 9.17) is 27.9 Å². The van der Waals surface area contributed by atoms with Crippen LogP contribution >= 0.6 is 23.2 Å². The number of phenolic OH excluding ortho intramolecular Hbond substituents is 3. The number of carboxylic acid groups (broad SMARTS) is 1. The number of carbonyl (C=O) groups is 5. The quantitative estimate of drug-likeness (QED) is 0.127. The van der Waals surface area contributed by atoms with E-state index in [1.807, 2.05) is 0 Å². The molecule has 0 bridgehead atoms. The molecule has 3 aromatic rings. The fraction of sp³-hybridized carbons (Fsp3) is 0.303. The number of nitrogens with one attached hydrogen (secondary N) is 3. The smallest absolute Gasteiger partial charge is 0.534 e. The number of aromatic hydroxyl groups is 3. The number of imide groups is 1. The van der Waals surface area contributed by atoms with Gasteiger partial charge in [0.2, 0.25) is 5.91 Å². The topological polar surface area (TPSA) is 242 Å². The predicted molar refractivity (Wildman–Crippen MR) is 189 cm³/mol. The average Bonchev–Trinajstić information content (AvgIpc) is 3.54. The highest BCUT2D eigenvalue weighted by Gasteiger charge is 2.43. The van der Waals surface area contributed by atoms with Crippen LogP contribution in [0, 0.1) is 11.6 Å². The van der Waals surface area contributed by atoms with Gasteiger partial charge in [-0.05, 0) is 49.1 Å². The van der Waals surface area contributed by atoms with Crippen molar-refractivity contribution in [2.24, 2.45) is 0 Å². The third kappa shape index (κ3) is 7.65. The molecule has 2 unspecified atom stereocenters. The second kappa shape index (κ2) is 15.6. The van der Waals surface area contributed by atoms with E-state index in [1.165, 1.54) is 34.1 Å². The van der Waals surface area contributed by atoms with E-state index in [2.05, 4.69) is 16.0 Å². The molecule has 2 saturated heterocycles. The Morgan fingerprint density at radius 3 is 2.33 bits per heavy atom. The van der Waals surface area contributed by atoms with Gasteiger partial charge in [-0.25, -0.2) is 32.9 Å². The van der Waals surface area contributed by atoms with Gasteiger partial charge < -0.3 is 55.9 Å². The number of benzene rings is 3. The molecule has 17 nitrogen and oxygen atoms in total. The molecule has 290 valence electrons. The number of urea groups is 3. The minimum atomic E-state index is -1.97. The minimum Gasteiger partial charge on any atom is -0.534 e. The number of hydrogen-bond acceptors (Lipinski definition) is 10. The van der Waals surface area contributed by atoms with Crippen LogP contribution in [0.3, 0.4) is 0 Å². The number of anilines is 1. The van der Waals surface area contributed by atoms with Gasteiger partial charge >= 0.3 is 31.2 Å². The van der Waals surface area contributed by atoms with Crippen molar-refractivity contribution in [3.63, 3.8) is 0 Å². The lowest BCUT2D eigenvalue weighted by Crippen LogP contribution is -2.56. The molecule has 3 aromatic carbocycles. The molecule has 0 saturated carbocycles. The molecule has 22 heteroatoms. The maximum absolute atomic E-state index is 14.7. The molecule has 2 atom stereocenters. The SMILES string of the molecule is O=C(O)c1c(F)ccc2c1OB(O)C(NC(=O)C(NC(=O)N1CCN(C3CCN(C(=O)Nc4cccc(O)c4Cl)CC3)C1=O)c1cc(F)c(O)c(O)c1Cl)C2. The second-order valence-corrected chi connectivity index (χ2v) is 13.6. The van der Waals surface area contributed by atoms with E-state index in [0.29, 0.717) is 18.9 Å². The van der Waals surface area contributed by atoms with Crippen LogP contribution in [-0.4, -0.2) is 115 Å². The number of carboxylic acids is 1. The van der Waals surface area contributed by atoms with Gasteiger partial charge in [-0.1, -0.05) is 35.3 Å². The number of amides is 7. The average molecular weight is 807 g/mol. The third-order valence-corrected chi connectivity index (χ3v) is 10.3. The highest BCUT2D eigenvalue weighted by atomic mass is 35.5. The number of phenols is 3. The van der Waals surface area contributed by atoms with Crippen molar-refractivity contribution >= 4 is 66.0 Å². The van der Waals surface area contributed by atoms with Gasteiger partial charge in [0.1, 0.15) is 33.9 Å². The number of fused-ring (bicyclic) bond motifs is 1. The van der Waals surface area contributed by atoms with Gasteiger partial charge in [0.15, 0.2) is 17.3 Å². The van der Waals surface area contributed by atoms with Gasteiger partial charge in [0.05, 0.1) is 16.7 Å². The Hall–Kier alpha value is -5.73. The van der Waals surface area contributed by atoms with Crippen molar-refractivity contribution < 1.29 is 62.9 Å². The van der Waals surface area contributed by atoms with Crippen molar-refractivity contribution in [3.05, 3.63) is 74.8 Å². The molecule has 6 rings (SSSR count). The van der Waals surface area contributed by atoms with Crippen LogP contribution in [-0.2, 0) is 11.2 Å². The van der Waals surface area contributed by atoms with Crippen molar-refractivity contribution in [2.45, 2.75) is 37.3 Å². The van der Waals surface area contributed by atoms with Crippen molar-refractivity contribution in [1.82, 2.24) is 25.3 Å². The number of carbonyl (C=O) groups excluding carboxylic acids is 4. The summed E-state index contributed by atoms with van der Waals surface area (Å²) in [5.74, 6) is -9.82. The molecular weight excluding hydrogens is 776 g/mol. The van der Waals surface area contributed by atoms with Gasteiger partial charge in [-0.3, -0.25) is 4.79 Å². The summed E-state index contributed by atoms with van der Waals surface area (Å²) >= 11 is 12.3. The van der Waals surface area contributed by atoms with Gasteiger partial charge in [-0.2, -0.15) is 0 Å². The molecule has 0 aromatic heterocycles. The van der Waals surface area contributed by atoms with E-state index < -0.39 is 94.1 Å². The van der Waals surface area contributed by atoms with Crippen LogP contribution in [0.15, 0.2) is 36.4 Å². The lowest BCUT2D eigenvalue weighted by molar-refractivity contribution is -0.123. The summed E-state index contributed by atoms with van der Waals surface area (Å²) in [5.41, 5.74) is -1.09. The molecule has 7 amide bonds. The monoisotopic (exact) mass is 806 g/mol. The van der Waals surface area contributed by atoms with Gasteiger partial charge in [0, 0.05) is 37.8 Å². The maximum Gasteiger partial charge on any atom is 0.547 e. The molecule has 0 radical (unpaired) electrons. The zero-order valence-electron chi connectivity index (χ0n) is 28.3. The number of aromatic carboxylic acids is 1. The second-order valence-electron chi connectivity index (χ2n) is 12.8. The Labute approximate surface area is 320 Å². The van der Waals surface area contributed by atoms with Crippen LogP contribution in [0.25, 0.3) is 0 Å². The molecule has 3 aliphatic rings. The van der Waals surface area contributed by atoms with Gasteiger partial charge in [-0.15, -0.1) is 0 Å². The van der Waals surface area contributed by atoms with Crippen LogP contribution in [0.2, 0.25) is 10.0 Å². The van der Waals surface area contributed by atoms with Crippen LogP contribution < -0.4 is 20.6 Å². The Bertz CT molecular complexity index is 2090. The summed E-state index contributed by atoms with van der Waals surface area (Å²) in [7, 11) is -1.94. The Morgan fingerprint density at radius 1 is 0.927 bits per heavy atom. The normalized spacial score (nSPS) is 17.7. The molecule has 8 N–H and O–H groups in total. The highest BCUT2D eigenvalue weighted by molar-refractivity contribution is 6.47. The minimum absolute atomic E-state index is 0.0265. The molecule has 2 fully saturated rings. The standard InChI is InChI=1S/C33H31BCl2F2N6O11/c35-23-16(13-18(38)26(46)27(23)47)25(29(48)40-21-12-14-4-5-17(37)22(30(49)50)28(14)55-34(21)54)41-32(52)44-11-10-43(33(44)53)15-6-8-42(9-7-15)31(51)39-19-2-1-3-20(45)24(19)36/h1-5,13,15,21,25,45-47,54H,6-12H2,(H,39,51)(H,40,48)(H,41,52)(H,49,50). The first-order valence-corrected chi connectivity index (χ1v) is 17.3. The Kier molecular flexibility index (Phi) is 11.0. The van der Waals surface area contributed by atoms with Crippen molar-refractivity contribution in [3.8, 4) is 23.0 Å². The molecule has 55 heavy (non-hydrogen) atoms. The largest absolute Gasteiger partial charge is 0.547 e. The van der Waals surface area contributed by atoms with E-state index in [-0.39, 0.29) is 60.7 Å². The zero-order valence-corrected chi connectivity index (χ0v) is 29.8. The summed E-state index contributed by atoms with van der Waals surface area (Å²) in [6.07, 6.45) is 0.380. The van der Waals surface area contributed by atoms with E-state index in [9.17, 15) is 58.2 Å². The Balaban J connectivity index is 1.15. The molecule has 0 spiro atoms. The van der Waals surface area contributed by atoms with Crippen molar-refractivity contribution in [2.75, 3.05) is 31.5 Å². The first-order chi connectivity index (χ1) is 26.1. The first-order valence-electron chi connectivity index (χ1n) is 16.6. The van der Waals surface area contributed by atoms with Crippen molar-refractivity contribution in [1.29, 1.82) is 0 Å². The van der Waals surface area contributed by atoms with Crippen LogP contribution in [0.1, 0.15) is 40.4 Å². The number of rotatable bonds is 7. The fourth-order valence-corrected chi connectivity index (χ4v) is 7.04. The molecule has 0 aliphatic carbocycles. The van der Waals surface area contributed by atoms with E-state index in [1.54, 1.807) is 0 Å².